The lowest BCUT2D eigenvalue weighted by molar-refractivity contribution is -0.136. The van der Waals surface area contributed by atoms with E-state index in [1.807, 2.05) is 38.1 Å². The number of aromatic nitrogens is 3. The van der Waals surface area contributed by atoms with Gasteiger partial charge in [0.25, 0.3) is 0 Å². The second-order valence-corrected chi connectivity index (χ2v) is 9.95. The number of rotatable bonds is 8. The van der Waals surface area contributed by atoms with Crippen LogP contribution in [0.4, 0.5) is 13.2 Å². The van der Waals surface area contributed by atoms with Gasteiger partial charge < -0.3 is 15.1 Å². The molecule has 0 saturated carbocycles. The van der Waals surface area contributed by atoms with Crippen LogP contribution in [0.2, 0.25) is 0 Å². The maximum Gasteiger partial charge on any atom is 0.303 e. The summed E-state index contributed by atoms with van der Waals surface area (Å²) >= 11 is 0. The van der Waals surface area contributed by atoms with Crippen molar-refractivity contribution in [2.24, 2.45) is 0 Å². The van der Waals surface area contributed by atoms with Crippen molar-refractivity contribution in [1.82, 2.24) is 15.0 Å². The smallest absolute Gasteiger partial charge is 0.303 e. The first-order chi connectivity index (χ1) is 18.1. The molecule has 0 bridgehead atoms. The topological polar surface area (TPSA) is 81.8 Å². The third-order valence-corrected chi connectivity index (χ3v) is 7.03. The quantitative estimate of drug-likeness (QED) is 0.209. The SMILES string of the molecule is CC(C)(c1cccc(CCC(=O)O)c1)c1cnc(-c2cc(Cc3c(F)cc4[nH]ccc4c3F)ccc2F)[nH]1. The van der Waals surface area contributed by atoms with E-state index in [0.717, 1.165) is 16.8 Å². The molecule has 38 heavy (non-hydrogen) atoms. The van der Waals surface area contributed by atoms with Gasteiger partial charge in [0.2, 0.25) is 0 Å². The van der Waals surface area contributed by atoms with Gasteiger partial charge >= 0.3 is 5.97 Å². The van der Waals surface area contributed by atoms with Crippen LogP contribution in [-0.2, 0) is 23.1 Å². The molecule has 0 atom stereocenters. The van der Waals surface area contributed by atoms with Crippen molar-refractivity contribution in [3.05, 3.63) is 112 Å². The van der Waals surface area contributed by atoms with Gasteiger partial charge in [-0.2, -0.15) is 0 Å². The second kappa shape index (κ2) is 9.85. The van der Waals surface area contributed by atoms with Crippen molar-refractivity contribution in [2.45, 2.75) is 38.5 Å². The number of hydrogen-bond donors (Lipinski definition) is 3. The molecule has 0 spiro atoms. The number of carboxylic acids is 1. The first-order valence-corrected chi connectivity index (χ1v) is 12.2. The van der Waals surface area contributed by atoms with Gasteiger partial charge in [-0.15, -0.1) is 0 Å². The Balaban J connectivity index is 1.44. The van der Waals surface area contributed by atoms with Gasteiger partial charge in [0.1, 0.15) is 23.3 Å². The van der Waals surface area contributed by atoms with Gasteiger partial charge in [-0.05, 0) is 47.4 Å². The maximum absolute atomic E-state index is 15.0. The van der Waals surface area contributed by atoms with Crippen molar-refractivity contribution < 1.29 is 23.1 Å². The summed E-state index contributed by atoms with van der Waals surface area (Å²) in [7, 11) is 0. The number of aromatic amines is 2. The van der Waals surface area contributed by atoms with Gasteiger partial charge in [-0.3, -0.25) is 4.79 Å². The third kappa shape index (κ3) is 4.81. The summed E-state index contributed by atoms with van der Waals surface area (Å²) in [5.74, 6) is -2.37. The van der Waals surface area contributed by atoms with Gasteiger partial charge in [0.05, 0.1) is 11.1 Å². The van der Waals surface area contributed by atoms with Crippen LogP contribution < -0.4 is 0 Å². The van der Waals surface area contributed by atoms with E-state index in [9.17, 15) is 18.0 Å². The number of hydrogen-bond acceptors (Lipinski definition) is 2. The number of carbonyl (C=O) groups is 1. The van der Waals surface area contributed by atoms with E-state index in [0.29, 0.717) is 28.7 Å². The Kier molecular flexibility index (Phi) is 6.57. The summed E-state index contributed by atoms with van der Waals surface area (Å²) in [6.45, 7) is 3.99. The lowest BCUT2D eigenvalue weighted by atomic mass is 9.81. The lowest BCUT2D eigenvalue weighted by Gasteiger charge is -2.24. The molecule has 3 aromatic carbocycles. The molecule has 5 nitrogen and oxygen atoms in total. The summed E-state index contributed by atoms with van der Waals surface area (Å²) in [6, 6.07) is 14.8. The number of H-pyrrole nitrogens is 2. The van der Waals surface area contributed by atoms with Crippen LogP contribution in [0.15, 0.2) is 67.0 Å². The fourth-order valence-electron chi connectivity index (χ4n) is 4.70. The summed E-state index contributed by atoms with van der Waals surface area (Å²) in [5.41, 5.74) is 3.10. The molecule has 0 radical (unpaired) electrons. The predicted molar refractivity (Wildman–Crippen MR) is 140 cm³/mol. The summed E-state index contributed by atoms with van der Waals surface area (Å²) in [4.78, 5) is 21.4. The van der Waals surface area contributed by atoms with Crippen molar-refractivity contribution in [3.8, 4) is 11.4 Å². The average Bonchev–Trinajstić information content (AvgIpc) is 3.57. The first kappa shape index (κ1) is 25.3. The Morgan fingerprint density at radius 1 is 1.00 bits per heavy atom. The van der Waals surface area contributed by atoms with Gasteiger partial charge in [-0.1, -0.05) is 44.2 Å². The molecule has 0 unspecified atom stereocenters. The Labute approximate surface area is 217 Å². The number of aryl methyl sites for hydroxylation is 1. The molecule has 5 rings (SSSR count). The molecule has 0 amide bonds. The minimum atomic E-state index is -0.854. The molecule has 0 aliphatic rings. The number of nitrogens with zero attached hydrogens (tertiary/aromatic N) is 1. The predicted octanol–water partition coefficient (Wildman–Crippen LogP) is 6.91. The van der Waals surface area contributed by atoms with E-state index in [1.54, 1.807) is 24.5 Å². The number of carboxylic acid groups (broad SMARTS) is 1. The zero-order valence-electron chi connectivity index (χ0n) is 20.9. The van der Waals surface area contributed by atoms with Crippen molar-refractivity contribution in [3.63, 3.8) is 0 Å². The fourth-order valence-corrected chi connectivity index (χ4v) is 4.70. The van der Waals surface area contributed by atoms with E-state index in [-0.39, 0.29) is 24.0 Å². The van der Waals surface area contributed by atoms with Crippen LogP contribution in [0.25, 0.3) is 22.3 Å². The van der Waals surface area contributed by atoms with E-state index in [1.165, 1.54) is 18.2 Å². The van der Waals surface area contributed by atoms with E-state index in [2.05, 4.69) is 15.0 Å². The molecule has 2 heterocycles. The van der Waals surface area contributed by atoms with E-state index >= 15 is 0 Å². The molecule has 8 heteroatoms. The molecule has 2 aromatic heterocycles. The molecular formula is C30H26F3N3O2. The number of nitrogens with one attached hydrogen (secondary N) is 2. The number of fused-ring (bicyclic) bond motifs is 1. The minimum Gasteiger partial charge on any atom is -0.481 e. The Bertz CT molecular complexity index is 1650. The molecule has 5 aromatic rings. The molecule has 0 aliphatic carbocycles. The lowest BCUT2D eigenvalue weighted by Crippen LogP contribution is -2.19. The fraction of sp³-hybridized carbons (Fsp3) is 0.200. The zero-order chi connectivity index (χ0) is 27.0. The van der Waals surface area contributed by atoms with E-state index < -0.39 is 28.8 Å². The monoisotopic (exact) mass is 517 g/mol. The highest BCUT2D eigenvalue weighted by Crippen LogP contribution is 2.33. The summed E-state index contributed by atoms with van der Waals surface area (Å²) < 4.78 is 44.5. The molecule has 194 valence electrons. The van der Waals surface area contributed by atoms with Gasteiger partial charge in [0.15, 0.2) is 0 Å². The van der Waals surface area contributed by atoms with Crippen LogP contribution in [0.3, 0.4) is 0 Å². The molecular weight excluding hydrogens is 491 g/mol. The summed E-state index contributed by atoms with van der Waals surface area (Å²) in [5, 5.41) is 9.29. The highest BCUT2D eigenvalue weighted by molar-refractivity contribution is 5.81. The standard InChI is InChI=1S/C30H26F3N3O2/c1-30(2,19-5-3-4-17(12-19)7-9-27(37)38)26-16-35-29(36-26)22-14-18(6-8-23(22)31)13-21-24(32)15-25-20(28(21)33)10-11-34-25/h3-6,8,10-12,14-16,34H,7,9,13H2,1-2H3,(H,35,36)(H,37,38). The zero-order valence-corrected chi connectivity index (χ0v) is 20.9. The van der Waals surface area contributed by atoms with Crippen molar-refractivity contribution in [2.75, 3.05) is 0 Å². The number of halogens is 3. The maximum atomic E-state index is 15.0. The first-order valence-electron chi connectivity index (χ1n) is 12.2. The molecule has 0 saturated heterocycles. The number of aliphatic carboxylic acids is 1. The highest BCUT2D eigenvalue weighted by Gasteiger charge is 2.26. The second-order valence-electron chi connectivity index (χ2n) is 9.95. The Morgan fingerprint density at radius 2 is 1.82 bits per heavy atom. The van der Waals surface area contributed by atoms with Crippen LogP contribution in [0.1, 0.15) is 48.2 Å². The third-order valence-electron chi connectivity index (χ3n) is 7.03. The number of imidazole rings is 1. The minimum absolute atomic E-state index is 0.0422. The van der Waals surface area contributed by atoms with Crippen LogP contribution in [0.5, 0.6) is 0 Å². The van der Waals surface area contributed by atoms with Crippen molar-refractivity contribution >= 4 is 16.9 Å². The van der Waals surface area contributed by atoms with Crippen LogP contribution in [-0.4, -0.2) is 26.0 Å². The Morgan fingerprint density at radius 3 is 2.61 bits per heavy atom. The highest BCUT2D eigenvalue weighted by atomic mass is 19.1. The van der Waals surface area contributed by atoms with Gasteiger partial charge in [0, 0.05) is 47.3 Å². The Hall–Kier alpha value is -4.33. The van der Waals surface area contributed by atoms with Crippen LogP contribution in [0, 0.1) is 17.5 Å². The van der Waals surface area contributed by atoms with E-state index in [4.69, 9.17) is 5.11 Å². The summed E-state index contributed by atoms with van der Waals surface area (Å²) in [6.07, 6.45) is 3.61. The van der Waals surface area contributed by atoms with Crippen molar-refractivity contribution in [1.29, 1.82) is 0 Å². The van der Waals surface area contributed by atoms with Crippen LogP contribution >= 0.6 is 0 Å². The molecule has 3 N–H and O–H groups in total. The van der Waals surface area contributed by atoms with Gasteiger partial charge in [-0.25, -0.2) is 18.2 Å². The molecule has 0 fully saturated rings. The average molecular weight is 518 g/mol. The normalized spacial score (nSPS) is 11.8. The largest absolute Gasteiger partial charge is 0.481 e. The molecule has 0 aliphatic heterocycles. The number of benzene rings is 3.